The molecule has 1 aliphatic heterocycles. The maximum Gasteiger partial charge on any atom is 0.246 e. The number of amides is 3. The van der Waals surface area contributed by atoms with Crippen LogP contribution in [0.3, 0.4) is 0 Å². The molecule has 4 rings (SSSR count). The molecule has 0 aromatic heterocycles. The summed E-state index contributed by atoms with van der Waals surface area (Å²) in [6.07, 6.45) is 8.31. The summed E-state index contributed by atoms with van der Waals surface area (Å²) < 4.78 is 5.96. The number of hydrogen-bond acceptors (Lipinski definition) is 5. The Labute approximate surface area is 255 Å². The van der Waals surface area contributed by atoms with Crippen LogP contribution in [-0.4, -0.2) is 55.5 Å². The lowest BCUT2D eigenvalue weighted by Gasteiger charge is -2.31. The average Bonchev–Trinajstić information content (AvgIpc) is 3.45. The summed E-state index contributed by atoms with van der Waals surface area (Å²) in [5.41, 5.74) is 1.23. The van der Waals surface area contributed by atoms with Gasteiger partial charge in [-0.25, -0.2) is 0 Å². The third kappa shape index (κ3) is 10.5. The van der Waals surface area contributed by atoms with Gasteiger partial charge in [-0.1, -0.05) is 87.7 Å². The van der Waals surface area contributed by atoms with Crippen LogP contribution in [0.2, 0.25) is 5.02 Å². The van der Waals surface area contributed by atoms with Crippen molar-refractivity contribution in [1.29, 1.82) is 0 Å². The number of rotatable bonds is 3. The van der Waals surface area contributed by atoms with Crippen LogP contribution in [0.5, 0.6) is 5.75 Å². The molecular formula is C33H45ClN4O4. The van der Waals surface area contributed by atoms with Gasteiger partial charge in [0.2, 0.25) is 17.7 Å². The highest BCUT2D eigenvalue weighted by atomic mass is 35.5. The molecule has 42 heavy (non-hydrogen) atoms. The van der Waals surface area contributed by atoms with Crippen molar-refractivity contribution in [1.82, 2.24) is 21.3 Å². The first-order valence-electron chi connectivity index (χ1n) is 15.0. The quantitative estimate of drug-likeness (QED) is 0.412. The fourth-order valence-corrected chi connectivity index (χ4v) is 5.33. The number of nitrogens with one attached hydrogen (secondary N) is 4. The third-order valence-electron chi connectivity index (χ3n) is 7.37. The summed E-state index contributed by atoms with van der Waals surface area (Å²) in [6, 6.07) is 15.2. The number of fused-ring (bicyclic) bond motifs is 1. The predicted octanol–water partition coefficient (Wildman–Crippen LogP) is 4.66. The molecule has 0 saturated heterocycles. The summed E-state index contributed by atoms with van der Waals surface area (Å²) in [6.45, 7) is 7.35. The molecular weight excluding hydrogens is 552 g/mol. The van der Waals surface area contributed by atoms with E-state index in [0.29, 0.717) is 44.9 Å². The standard InChI is InChI=1S/C25H36N4O4.C8H9Cl/c1-18(2)16-20-23(31)29-25(11-5-6-12-25)24(32)28-17-22(30)27-13-7-9-19-8-3-4-10-21(19)33-15-14-26-20;1-2-7-4-3-5-8(9)6-7/h3-4,7-10,18,20,26H,5-6,11-17H2,1-2H3,(H,27,30)(H,28,32)(H,29,31);3-6H,2H2,1H3/b9-7+;. The summed E-state index contributed by atoms with van der Waals surface area (Å²) in [4.78, 5) is 38.5. The van der Waals surface area contributed by atoms with Crippen molar-refractivity contribution in [2.24, 2.45) is 5.92 Å². The van der Waals surface area contributed by atoms with Crippen molar-refractivity contribution in [3.8, 4) is 5.75 Å². The molecule has 1 aliphatic carbocycles. The molecule has 228 valence electrons. The van der Waals surface area contributed by atoms with Gasteiger partial charge < -0.3 is 26.0 Å². The van der Waals surface area contributed by atoms with Gasteiger partial charge in [0.25, 0.3) is 0 Å². The second-order valence-electron chi connectivity index (χ2n) is 11.2. The maximum atomic E-state index is 13.2. The van der Waals surface area contributed by atoms with Gasteiger partial charge in [-0.2, -0.15) is 0 Å². The largest absolute Gasteiger partial charge is 0.492 e. The van der Waals surface area contributed by atoms with Crippen LogP contribution >= 0.6 is 11.6 Å². The van der Waals surface area contributed by atoms with Gasteiger partial charge in [-0.3, -0.25) is 14.4 Å². The molecule has 1 atom stereocenters. The number of carbonyl (C=O) groups is 3. The minimum Gasteiger partial charge on any atom is -0.492 e. The van der Waals surface area contributed by atoms with Gasteiger partial charge in [0.05, 0.1) is 12.6 Å². The zero-order valence-corrected chi connectivity index (χ0v) is 25.8. The highest BCUT2D eigenvalue weighted by Crippen LogP contribution is 2.30. The number of halogens is 1. The van der Waals surface area contributed by atoms with E-state index in [9.17, 15) is 14.4 Å². The van der Waals surface area contributed by atoms with Crippen molar-refractivity contribution >= 4 is 35.4 Å². The molecule has 2 aromatic rings. The van der Waals surface area contributed by atoms with Crippen LogP contribution in [0.1, 0.15) is 64.0 Å². The number of para-hydroxylation sites is 1. The molecule has 1 spiro atoms. The van der Waals surface area contributed by atoms with Crippen molar-refractivity contribution < 1.29 is 19.1 Å². The molecule has 4 N–H and O–H groups in total. The summed E-state index contributed by atoms with van der Waals surface area (Å²) in [5, 5.41) is 12.7. The Morgan fingerprint density at radius 2 is 1.79 bits per heavy atom. The van der Waals surface area contributed by atoms with E-state index < -0.39 is 11.6 Å². The lowest BCUT2D eigenvalue weighted by atomic mass is 9.94. The van der Waals surface area contributed by atoms with E-state index in [1.165, 1.54) is 5.56 Å². The second kappa shape index (κ2) is 16.9. The molecule has 8 nitrogen and oxygen atoms in total. The lowest BCUT2D eigenvalue weighted by Crippen LogP contribution is -2.61. The predicted molar refractivity (Wildman–Crippen MR) is 168 cm³/mol. The number of benzene rings is 2. The molecule has 9 heteroatoms. The van der Waals surface area contributed by atoms with Crippen molar-refractivity contribution in [2.75, 3.05) is 26.2 Å². The van der Waals surface area contributed by atoms with Crippen molar-refractivity contribution in [3.63, 3.8) is 0 Å². The topological polar surface area (TPSA) is 109 Å². The molecule has 1 saturated carbocycles. The molecule has 0 radical (unpaired) electrons. The monoisotopic (exact) mass is 596 g/mol. The minimum absolute atomic E-state index is 0.127. The summed E-state index contributed by atoms with van der Waals surface area (Å²) in [7, 11) is 0. The highest BCUT2D eigenvalue weighted by Gasteiger charge is 2.43. The maximum absolute atomic E-state index is 13.2. The first kappa shape index (κ1) is 33.1. The number of hydrogen-bond donors (Lipinski definition) is 4. The van der Waals surface area contributed by atoms with Crippen LogP contribution in [-0.2, 0) is 20.8 Å². The van der Waals surface area contributed by atoms with Gasteiger partial charge in [0.15, 0.2) is 0 Å². The van der Waals surface area contributed by atoms with Crippen LogP contribution in [0.15, 0.2) is 54.6 Å². The average molecular weight is 597 g/mol. The molecule has 3 amide bonds. The fourth-order valence-electron chi connectivity index (χ4n) is 5.12. The SMILES string of the molecule is CC(C)CC1NCCOc2ccccc2/C=C/CNC(=O)CNC(=O)C2(CCCC2)NC1=O.CCc1cccc(Cl)c1. The third-order valence-corrected chi connectivity index (χ3v) is 7.60. The van der Waals surface area contributed by atoms with Gasteiger partial charge in [0.1, 0.15) is 17.9 Å². The van der Waals surface area contributed by atoms with E-state index in [2.05, 4.69) is 48.1 Å². The van der Waals surface area contributed by atoms with E-state index in [4.69, 9.17) is 16.3 Å². The molecule has 1 fully saturated rings. The van der Waals surface area contributed by atoms with E-state index in [1.54, 1.807) is 0 Å². The van der Waals surface area contributed by atoms with Crippen LogP contribution in [0.4, 0.5) is 0 Å². The number of carbonyl (C=O) groups excluding carboxylic acids is 3. The molecule has 0 bridgehead atoms. The Hall–Kier alpha value is -3.36. The molecule has 1 unspecified atom stereocenters. The van der Waals surface area contributed by atoms with Gasteiger partial charge >= 0.3 is 0 Å². The first-order chi connectivity index (χ1) is 20.2. The normalized spacial score (nSPS) is 20.5. The van der Waals surface area contributed by atoms with Crippen molar-refractivity contribution in [2.45, 2.75) is 70.9 Å². The molecule has 1 heterocycles. The smallest absolute Gasteiger partial charge is 0.246 e. The fraction of sp³-hybridized carbons (Fsp3) is 0.485. The van der Waals surface area contributed by atoms with E-state index >= 15 is 0 Å². The zero-order valence-electron chi connectivity index (χ0n) is 25.0. The van der Waals surface area contributed by atoms with E-state index in [-0.39, 0.29) is 24.3 Å². The summed E-state index contributed by atoms with van der Waals surface area (Å²) in [5.74, 6) is 0.285. The van der Waals surface area contributed by atoms with Crippen LogP contribution in [0.25, 0.3) is 6.08 Å². The Balaban J connectivity index is 0.000000458. The Kier molecular flexibility index (Phi) is 13.4. The van der Waals surface area contributed by atoms with Crippen LogP contribution in [0, 0.1) is 5.92 Å². The van der Waals surface area contributed by atoms with E-state index in [0.717, 1.165) is 35.6 Å². The molecule has 2 aromatic carbocycles. The highest BCUT2D eigenvalue weighted by molar-refractivity contribution is 6.30. The Morgan fingerprint density at radius 1 is 1.02 bits per heavy atom. The number of aryl methyl sites for hydroxylation is 1. The van der Waals surface area contributed by atoms with Gasteiger partial charge in [-0.05, 0) is 55.4 Å². The number of ether oxygens (including phenoxy) is 1. The van der Waals surface area contributed by atoms with Crippen molar-refractivity contribution in [3.05, 3.63) is 70.8 Å². The summed E-state index contributed by atoms with van der Waals surface area (Å²) >= 11 is 5.72. The molecule has 2 aliphatic rings. The van der Waals surface area contributed by atoms with Crippen LogP contribution < -0.4 is 26.0 Å². The van der Waals surface area contributed by atoms with Gasteiger partial charge in [0, 0.05) is 23.7 Å². The Bertz CT molecular complexity index is 1210. The Morgan fingerprint density at radius 3 is 2.48 bits per heavy atom. The lowest BCUT2D eigenvalue weighted by molar-refractivity contribution is -0.135. The second-order valence-corrected chi connectivity index (χ2v) is 11.6. The van der Waals surface area contributed by atoms with Gasteiger partial charge in [-0.15, -0.1) is 0 Å². The first-order valence-corrected chi connectivity index (χ1v) is 15.3. The van der Waals surface area contributed by atoms with E-state index in [1.807, 2.05) is 54.6 Å². The zero-order chi connectivity index (χ0) is 30.4. The minimum atomic E-state index is -0.963.